The van der Waals surface area contributed by atoms with Gasteiger partial charge in [-0.15, -0.1) is 0 Å². The number of hydrogen-bond donors (Lipinski definition) is 2. The Labute approximate surface area is 200 Å². The Morgan fingerprint density at radius 3 is 2.46 bits per heavy atom. The Bertz CT molecular complexity index is 1290. The molecule has 5 nitrogen and oxygen atoms in total. The Balaban J connectivity index is 1.66. The lowest BCUT2D eigenvalue weighted by atomic mass is 9.91. The van der Waals surface area contributed by atoms with Gasteiger partial charge in [0.2, 0.25) is 5.91 Å². The van der Waals surface area contributed by atoms with Crippen LogP contribution in [0.15, 0.2) is 91.3 Å². The van der Waals surface area contributed by atoms with Crippen LogP contribution in [0, 0.1) is 0 Å². The highest BCUT2D eigenvalue weighted by Crippen LogP contribution is 2.32. The molecule has 0 spiro atoms. The average molecular weight is 477 g/mol. The van der Waals surface area contributed by atoms with Crippen LogP contribution in [-0.2, 0) is 17.4 Å². The van der Waals surface area contributed by atoms with E-state index >= 15 is 0 Å². The van der Waals surface area contributed by atoms with Crippen molar-refractivity contribution in [2.45, 2.75) is 18.5 Å². The van der Waals surface area contributed by atoms with Crippen LogP contribution in [0.2, 0.25) is 0 Å². The zero-order chi connectivity index (χ0) is 24.8. The first-order chi connectivity index (χ1) is 16.8. The van der Waals surface area contributed by atoms with Crippen LogP contribution in [0.3, 0.4) is 0 Å². The highest BCUT2D eigenvalue weighted by atomic mass is 19.4. The van der Waals surface area contributed by atoms with E-state index in [4.69, 9.17) is 10.7 Å². The summed E-state index contributed by atoms with van der Waals surface area (Å²) >= 11 is 0. The van der Waals surface area contributed by atoms with E-state index in [9.17, 15) is 18.0 Å². The molecule has 0 fully saturated rings. The van der Waals surface area contributed by atoms with Gasteiger partial charge in [0, 0.05) is 30.1 Å². The van der Waals surface area contributed by atoms with Gasteiger partial charge in [0.25, 0.3) is 0 Å². The number of nitrogens with one attached hydrogen (secondary N) is 1. The predicted molar refractivity (Wildman–Crippen MR) is 129 cm³/mol. The lowest BCUT2D eigenvalue weighted by molar-refractivity contribution is -0.137. The smallest absolute Gasteiger partial charge is 0.369 e. The highest BCUT2D eigenvalue weighted by molar-refractivity contribution is 5.87. The minimum atomic E-state index is -4.40. The summed E-state index contributed by atoms with van der Waals surface area (Å²) in [6.45, 7) is 0.304. The van der Waals surface area contributed by atoms with Crippen LogP contribution in [0.5, 0.6) is 0 Å². The second-order valence-corrected chi connectivity index (χ2v) is 8.00. The number of nitrogens with zero attached hydrogens (tertiary/aromatic N) is 2. The first kappa shape index (κ1) is 23.9. The number of alkyl halides is 3. The predicted octanol–water partition coefficient (Wildman–Crippen LogP) is 5.43. The van der Waals surface area contributed by atoms with Crippen LogP contribution in [0.1, 0.15) is 28.2 Å². The zero-order valence-electron chi connectivity index (χ0n) is 18.7. The molecule has 0 bridgehead atoms. The SMILES string of the molecule is NC(=O)C(c1cccnc1)c1ccc(-c2ccccc2)nc1NCCc1cccc(C(F)(F)F)c1. The summed E-state index contributed by atoms with van der Waals surface area (Å²) in [6, 6.07) is 21.8. The topological polar surface area (TPSA) is 80.9 Å². The molecular formula is C27H23F3N4O. The highest BCUT2D eigenvalue weighted by Gasteiger charge is 2.30. The largest absolute Gasteiger partial charge is 0.416 e. The second kappa shape index (κ2) is 10.4. The molecule has 1 unspecified atom stereocenters. The van der Waals surface area contributed by atoms with Gasteiger partial charge in [-0.05, 0) is 35.7 Å². The van der Waals surface area contributed by atoms with Crippen LogP contribution >= 0.6 is 0 Å². The Morgan fingerprint density at radius 1 is 0.971 bits per heavy atom. The van der Waals surface area contributed by atoms with Gasteiger partial charge in [0.05, 0.1) is 17.2 Å². The normalized spacial score (nSPS) is 12.2. The van der Waals surface area contributed by atoms with E-state index in [2.05, 4.69) is 10.3 Å². The molecule has 0 aliphatic carbocycles. The maximum absolute atomic E-state index is 13.1. The molecule has 2 heterocycles. The van der Waals surface area contributed by atoms with Gasteiger partial charge in [-0.25, -0.2) is 4.98 Å². The fourth-order valence-electron chi connectivity index (χ4n) is 3.89. The molecule has 4 rings (SSSR count). The molecule has 3 N–H and O–H groups in total. The summed E-state index contributed by atoms with van der Waals surface area (Å²) < 4.78 is 39.2. The maximum atomic E-state index is 13.1. The standard InChI is InChI=1S/C27H23F3N4O/c28-27(29,30)21-10-4-6-18(16-21)13-15-33-26-22(24(25(31)35)20-9-5-14-32-17-20)11-12-23(34-26)19-7-2-1-3-8-19/h1-12,14,16-17,24H,13,15H2,(H2,31,35)(H,33,34). The quantitative estimate of drug-likeness (QED) is 0.355. The van der Waals surface area contributed by atoms with E-state index < -0.39 is 23.6 Å². The second-order valence-electron chi connectivity index (χ2n) is 8.00. The van der Waals surface area contributed by atoms with Gasteiger partial charge in [0.1, 0.15) is 5.82 Å². The number of pyridine rings is 2. The maximum Gasteiger partial charge on any atom is 0.416 e. The van der Waals surface area contributed by atoms with Gasteiger partial charge >= 0.3 is 6.18 Å². The molecule has 0 aliphatic heterocycles. The molecule has 2 aromatic heterocycles. The number of nitrogens with two attached hydrogens (primary N) is 1. The van der Waals surface area contributed by atoms with Crippen molar-refractivity contribution in [2.75, 3.05) is 11.9 Å². The van der Waals surface area contributed by atoms with E-state index in [-0.39, 0.29) is 0 Å². The average Bonchev–Trinajstić information content (AvgIpc) is 2.86. The summed E-state index contributed by atoms with van der Waals surface area (Å²) in [5, 5.41) is 3.21. The van der Waals surface area contributed by atoms with Crippen LogP contribution < -0.4 is 11.1 Å². The molecule has 1 atom stereocenters. The number of halogens is 3. The molecule has 1 amide bonds. The molecule has 0 radical (unpaired) electrons. The molecule has 0 saturated carbocycles. The molecule has 4 aromatic rings. The van der Waals surface area contributed by atoms with E-state index in [1.54, 1.807) is 36.7 Å². The number of anilines is 1. The van der Waals surface area contributed by atoms with Crippen molar-refractivity contribution in [3.05, 3.63) is 114 Å². The van der Waals surface area contributed by atoms with E-state index in [0.717, 1.165) is 17.7 Å². The van der Waals surface area contributed by atoms with E-state index in [0.29, 0.717) is 41.2 Å². The summed E-state index contributed by atoms with van der Waals surface area (Å²) in [5.41, 5.74) is 8.37. The first-order valence-electron chi connectivity index (χ1n) is 11.0. The van der Waals surface area contributed by atoms with Crippen molar-refractivity contribution >= 4 is 11.7 Å². The fourth-order valence-corrected chi connectivity index (χ4v) is 3.89. The summed E-state index contributed by atoms with van der Waals surface area (Å²) in [6.07, 6.45) is -0.894. The monoisotopic (exact) mass is 476 g/mol. The Hall–Kier alpha value is -4.20. The molecule has 0 aliphatic rings. The van der Waals surface area contributed by atoms with Crippen molar-refractivity contribution in [3.8, 4) is 11.3 Å². The van der Waals surface area contributed by atoms with Crippen LogP contribution in [-0.4, -0.2) is 22.4 Å². The summed E-state index contributed by atoms with van der Waals surface area (Å²) in [5.74, 6) is -0.920. The van der Waals surface area contributed by atoms with Gasteiger partial charge < -0.3 is 11.1 Å². The molecule has 0 saturated heterocycles. The number of carbonyl (C=O) groups is 1. The number of primary amides is 1. The third-order valence-electron chi connectivity index (χ3n) is 5.57. The van der Waals surface area contributed by atoms with Crippen molar-refractivity contribution < 1.29 is 18.0 Å². The minimum absolute atomic E-state index is 0.304. The number of aromatic nitrogens is 2. The van der Waals surface area contributed by atoms with Crippen molar-refractivity contribution in [1.82, 2.24) is 9.97 Å². The van der Waals surface area contributed by atoms with Gasteiger partial charge in [0.15, 0.2) is 0 Å². The molecule has 178 valence electrons. The molecule has 2 aromatic carbocycles. The van der Waals surface area contributed by atoms with Crippen LogP contribution in [0.25, 0.3) is 11.3 Å². The third-order valence-corrected chi connectivity index (χ3v) is 5.57. The minimum Gasteiger partial charge on any atom is -0.369 e. The number of rotatable bonds is 8. The lowest BCUT2D eigenvalue weighted by Crippen LogP contribution is -2.24. The fraction of sp³-hybridized carbons (Fsp3) is 0.148. The Kier molecular flexibility index (Phi) is 7.10. The number of benzene rings is 2. The van der Waals surface area contributed by atoms with Gasteiger partial charge in [-0.3, -0.25) is 9.78 Å². The zero-order valence-corrected chi connectivity index (χ0v) is 18.7. The van der Waals surface area contributed by atoms with E-state index in [1.165, 1.54) is 6.07 Å². The molecular weight excluding hydrogens is 453 g/mol. The summed E-state index contributed by atoms with van der Waals surface area (Å²) in [7, 11) is 0. The number of carbonyl (C=O) groups excluding carboxylic acids is 1. The van der Waals surface area contributed by atoms with Gasteiger partial charge in [-0.2, -0.15) is 13.2 Å². The van der Waals surface area contributed by atoms with Crippen LogP contribution in [0.4, 0.5) is 19.0 Å². The Morgan fingerprint density at radius 2 is 1.77 bits per heavy atom. The molecule has 8 heteroatoms. The van der Waals surface area contributed by atoms with Crippen molar-refractivity contribution in [1.29, 1.82) is 0 Å². The number of amides is 1. The van der Waals surface area contributed by atoms with Crippen molar-refractivity contribution in [2.24, 2.45) is 5.73 Å². The first-order valence-corrected chi connectivity index (χ1v) is 11.0. The lowest BCUT2D eigenvalue weighted by Gasteiger charge is -2.19. The third kappa shape index (κ3) is 5.84. The summed E-state index contributed by atoms with van der Waals surface area (Å²) in [4.78, 5) is 21.3. The number of hydrogen-bond acceptors (Lipinski definition) is 4. The van der Waals surface area contributed by atoms with E-state index in [1.807, 2.05) is 36.4 Å². The van der Waals surface area contributed by atoms with Gasteiger partial charge in [-0.1, -0.05) is 60.7 Å². The van der Waals surface area contributed by atoms with Crippen molar-refractivity contribution in [3.63, 3.8) is 0 Å². The molecule has 35 heavy (non-hydrogen) atoms.